The number of benzene rings is 6. The second-order valence-corrected chi connectivity index (χ2v) is 9.78. The maximum atomic E-state index is 14.4. The molecule has 0 fully saturated rings. The van der Waals surface area contributed by atoms with Gasteiger partial charge >= 0.3 is 6.18 Å². The third-order valence-electron chi connectivity index (χ3n) is 7.44. The smallest absolute Gasteiger partial charge is 0.256 e. The summed E-state index contributed by atoms with van der Waals surface area (Å²) in [5, 5.41) is 5.93. The Kier molecular flexibility index (Phi) is 5.36. The molecule has 0 saturated heterocycles. The second-order valence-electron chi connectivity index (χ2n) is 9.78. The molecule has 1 nitrogen and oxygen atoms in total. The molecule has 0 aliphatic heterocycles. The van der Waals surface area contributed by atoms with Crippen LogP contribution < -0.4 is 0 Å². The molecule has 0 bridgehead atoms. The van der Waals surface area contributed by atoms with Crippen molar-refractivity contribution in [2.45, 2.75) is 6.18 Å². The van der Waals surface area contributed by atoms with E-state index in [0.29, 0.717) is 27.8 Å². The van der Waals surface area contributed by atoms with Crippen molar-refractivity contribution in [3.63, 3.8) is 0 Å². The van der Waals surface area contributed by atoms with Gasteiger partial charge in [-0.2, -0.15) is 13.2 Å². The molecule has 194 valence electrons. The summed E-state index contributed by atoms with van der Waals surface area (Å²) in [5.74, 6) is -1.26. The number of rotatable bonds is 2. The first kappa shape index (κ1) is 24.2. The van der Waals surface area contributed by atoms with E-state index in [4.69, 9.17) is 0 Å². The monoisotopic (exact) mass is 535 g/mol. The van der Waals surface area contributed by atoms with E-state index in [-0.39, 0.29) is 5.39 Å². The van der Waals surface area contributed by atoms with Crippen LogP contribution in [-0.2, 0) is 6.18 Å². The lowest BCUT2D eigenvalue weighted by Gasteiger charge is -2.15. The third-order valence-corrected chi connectivity index (χ3v) is 7.44. The van der Waals surface area contributed by atoms with Crippen LogP contribution in [0.15, 0.2) is 109 Å². The van der Waals surface area contributed by atoms with Gasteiger partial charge in [0, 0.05) is 28.8 Å². The maximum absolute atomic E-state index is 14.4. The summed E-state index contributed by atoms with van der Waals surface area (Å²) in [7, 11) is 0. The number of pyridine rings is 1. The second kappa shape index (κ2) is 8.85. The summed E-state index contributed by atoms with van der Waals surface area (Å²) >= 11 is 0. The average Bonchev–Trinajstić information content (AvgIpc) is 2.95. The van der Waals surface area contributed by atoms with Crippen LogP contribution in [-0.4, -0.2) is 4.98 Å². The molecular weight excluding hydrogens is 517 g/mol. The first-order chi connectivity index (χ1) is 19.3. The van der Waals surface area contributed by atoms with Crippen molar-refractivity contribution in [3.05, 3.63) is 127 Å². The number of nitrogens with zero attached hydrogens (tertiary/aromatic N) is 1. The van der Waals surface area contributed by atoms with Crippen LogP contribution >= 0.6 is 0 Å². The normalized spacial score (nSPS) is 12.1. The predicted octanol–water partition coefficient (Wildman–Crippen LogP) is 10.3. The molecule has 0 atom stereocenters. The van der Waals surface area contributed by atoms with Gasteiger partial charge in [-0.25, -0.2) is 8.78 Å². The molecule has 7 aromatic rings. The highest BCUT2D eigenvalue weighted by Crippen LogP contribution is 2.41. The van der Waals surface area contributed by atoms with Gasteiger partial charge < -0.3 is 0 Å². The van der Waals surface area contributed by atoms with Crippen LogP contribution in [0.5, 0.6) is 0 Å². The van der Waals surface area contributed by atoms with Crippen LogP contribution in [0, 0.1) is 11.6 Å². The van der Waals surface area contributed by atoms with Crippen LogP contribution in [0.3, 0.4) is 0 Å². The van der Waals surface area contributed by atoms with Crippen molar-refractivity contribution in [1.29, 1.82) is 0 Å². The summed E-state index contributed by atoms with van der Waals surface area (Å²) < 4.78 is 69.8. The van der Waals surface area contributed by atoms with Gasteiger partial charge in [0.05, 0.1) is 11.3 Å². The van der Waals surface area contributed by atoms with Gasteiger partial charge in [0.15, 0.2) is 0 Å². The Morgan fingerprint density at radius 2 is 1.20 bits per heavy atom. The van der Waals surface area contributed by atoms with Crippen LogP contribution in [0.1, 0.15) is 5.56 Å². The van der Waals surface area contributed by atoms with E-state index in [1.54, 1.807) is 36.5 Å². The van der Waals surface area contributed by atoms with Crippen molar-refractivity contribution in [2.24, 2.45) is 0 Å². The van der Waals surface area contributed by atoms with Gasteiger partial charge in [-0.15, -0.1) is 0 Å². The first-order valence-electron chi connectivity index (χ1n) is 12.6. The van der Waals surface area contributed by atoms with Gasteiger partial charge in [-0.1, -0.05) is 60.7 Å². The Bertz CT molecular complexity index is 2130. The molecule has 0 N–H and O–H groups in total. The fourth-order valence-electron chi connectivity index (χ4n) is 5.61. The Hall–Kier alpha value is -4.84. The fraction of sp³-hybridized carbons (Fsp3) is 0.0294. The minimum absolute atomic E-state index is 0.149. The van der Waals surface area contributed by atoms with E-state index in [0.717, 1.165) is 38.4 Å². The minimum atomic E-state index is -4.51. The highest BCUT2D eigenvalue weighted by molar-refractivity contribution is 6.19. The summed E-state index contributed by atoms with van der Waals surface area (Å²) in [6.07, 6.45) is -2.90. The van der Waals surface area contributed by atoms with E-state index < -0.39 is 23.4 Å². The Morgan fingerprint density at radius 1 is 0.525 bits per heavy atom. The summed E-state index contributed by atoms with van der Waals surface area (Å²) in [5.41, 5.74) is 1.11. The molecule has 0 unspecified atom stereocenters. The number of alkyl halides is 3. The molecule has 1 aromatic heterocycles. The standard InChI is InChI=1S/C34H18F5N/c35-23-7-10-26(32(36)18-23)21-5-8-24-20(15-21)6-9-28-27(24)11-12-30-29(28)13-14-40-33(30)22-16-19-3-1-2-4-25(19)31(17-22)34(37,38)39/h1-18H. The molecular formula is C34H18F5N. The van der Waals surface area contributed by atoms with Crippen LogP contribution in [0.2, 0.25) is 0 Å². The number of hydrogen-bond donors (Lipinski definition) is 0. The summed E-state index contributed by atoms with van der Waals surface area (Å²) in [6.45, 7) is 0. The third kappa shape index (κ3) is 3.87. The number of halogens is 5. The van der Waals surface area contributed by atoms with E-state index in [1.807, 2.05) is 42.5 Å². The quantitative estimate of drug-likeness (QED) is 0.159. The van der Waals surface area contributed by atoms with Crippen molar-refractivity contribution in [1.82, 2.24) is 4.98 Å². The van der Waals surface area contributed by atoms with Gasteiger partial charge in [0.2, 0.25) is 0 Å². The number of hydrogen-bond acceptors (Lipinski definition) is 1. The molecule has 0 radical (unpaired) electrons. The van der Waals surface area contributed by atoms with E-state index in [1.165, 1.54) is 24.3 Å². The number of fused-ring (bicyclic) bond motifs is 6. The predicted molar refractivity (Wildman–Crippen MR) is 150 cm³/mol. The molecule has 0 amide bonds. The molecule has 6 aromatic carbocycles. The number of aromatic nitrogens is 1. The van der Waals surface area contributed by atoms with Crippen molar-refractivity contribution < 1.29 is 22.0 Å². The zero-order valence-electron chi connectivity index (χ0n) is 20.7. The topological polar surface area (TPSA) is 12.9 Å². The summed E-state index contributed by atoms with van der Waals surface area (Å²) in [4.78, 5) is 4.51. The molecule has 0 saturated carbocycles. The highest BCUT2D eigenvalue weighted by Gasteiger charge is 2.33. The molecule has 0 aliphatic rings. The molecule has 0 aliphatic carbocycles. The van der Waals surface area contributed by atoms with E-state index in [2.05, 4.69) is 4.98 Å². The zero-order chi connectivity index (χ0) is 27.6. The summed E-state index contributed by atoms with van der Waals surface area (Å²) in [6, 6.07) is 28.0. The van der Waals surface area contributed by atoms with Crippen molar-refractivity contribution in [2.75, 3.05) is 0 Å². The minimum Gasteiger partial charge on any atom is -0.256 e. The highest BCUT2D eigenvalue weighted by atomic mass is 19.4. The largest absolute Gasteiger partial charge is 0.417 e. The SMILES string of the molecule is Fc1ccc(-c2ccc3c(ccc4c5ccnc(-c6cc(C(F)(F)F)c7ccccc7c6)c5ccc34)c2)c(F)c1. The van der Waals surface area contributed by atoms with Crippen LogP contribution in [0.25, 0.3) is 65.5 Å². The lowest BCUT2D eigenvalue weighted by atomic mass is 9.92. The maximum Gasteiger partial charge on any atom is 0.417 e. The first-order valence-corrected chi connectivity index (χ1v) is 12.6. The molecule has 7 rings (SSSR count). The molecule has 40 heavy (non-hydrogen) atoms. The fourth-order valence-corrected chi connectivity index (χ4v) is 5.61. The van der Waals surface area contributed by atoms with Gasteiger partial charge in [-0.05, 0) is 79.7 Å². The Labute approximate surface area is 225 Å². The Balaban J connectivity index is 1.42. The van der Waals surface area contributed by atoms with E-state index in [9.17, 15) is 22.0 Å². The van der Waals surface area contributed by atoms with Gasteiger partial charge in [0.25, 0.3) is 0 Å². The van der Waals surface area contributed by atoms with Gasteiger partial charge in [0.1, 0.15) is 11.6 Å². The van der Waals surface area contributed by atoms with Crippen LogP contribution in [0.4, 0.5) is 22.0 Å². The molecule has 6 heteroatoms. The lowest BCUT2D eigenvalue weighted by molar-refractivity contribution is -0.136. The zero-order valence-corrected chi connectivity index (χ0v) is 20.7. The van der Waals surface area contributed by atoms with Gasteiger partial charge in [-0.3, -0.25) is 4.98 Å². The van der Waals surface area contributed by atoms with Crippen molar-refractivity contribution in [3.8, 4) is 22.4 Å². The Morgan fingerprint density at radius 3 is 2.02 bits per heavy atom. The van der Waals surface area contributed by atoms with E-state index >= 15 is 0 Å². The lowest BCUT2D eigenvalue weighted by Crippen LogP contribution is -2.06. The molecule has 0 spiro atoms. The molecule has 1 heterocycles. The van der Waals surface area contributed by atoms with Crippen molar-refractivity contribution >= 4 is 43.1 Å². The average molecular weight is 536 g/mol.